The van der Waals surface area contributed by atoms with Gasteiger partial charge in [0.2, 0.25) is 0 Å². The Morgan fingerprint density at radius 2 is 1.19 bits per heavy atom. The zero-order valence-electron chi connectivity index (χ0n) is 13.4. The molecule has 4 aliphatic rings. The lowest BCUT2D eigenvalue weighted by molar-refractivity contribution is -0.185. The van der Waals surface area contributed by atoms with Crippen LogP contribution in [0.25, 0.3) is 0 Å². The van der Waals surface area contributed by atoms with Crippen LogP contribution in [0.4, 0.5) is 0 Å². The van der Waals surface area contributed by atoms with Gasteiger partial charge >= 0.3 is 0 Å². The number of allylic oxidation sites excluding steroid dienone is 2. The topological polar surface area (TPSA) is 18.5 Å². The molecule has 0 bridgehead atoms. The molecular formula is C19H30O2. The van der Waals surface area contributed by atoms with E-state index in [2.05, 4.69) is 0 Å². The zero-order chi connectivity index (χ0) is 14.1. The van der Waals surface area contributed by atoms with Gasteiger partial charge in [0, 0.05) is 12.8 Å². The third kappa shape index (κ3) is 2.94. The minimum Gasteiger partial charge on any atom is -0.348 e. The van der Waals surface area contributed by atoms with Gasteiger partial charge in [0.05, 0.1) is 13.2 Å². The van der Waals surface area contributed by atoms with Gasteiger partial charge in [-0.2, -0.15) is 0 Å². The van der Waals surface area contributed by atoms with Crippen LogP contribution in [0.5, 0.6) is 0 Å². The average molecular weight is 290 g/mol. The zero-order valence-corrected chi connectivity index (χ0v) is 13.4. The van der Waals surface area contributed by atoms with E-state index in [-0.39, 0.29) is 5.79 Å². The molecule has 1 spiro atoms. The Morgan fingerprint density at radius 1 is 0.667 bits per heavy atom. The minimum atomic E-state index is -0.165. The Balaban J connectivity index is 1.30. The fourth-order valence-electron chi connectivity index (χ4n) is 5.31. The van der Waals surface area contributed by atoms with Crippen molar-refractivity contribution >= 4 is 0 Å². The van der Waals surface area contributed by atoms with E-state index in [1.165, 1.54) is 64.2 Å². The second-order valence-corrected chi connectivity index (χ2v) is 7.70. The largest absolute Gasteiger partial charge is 0.348 e. The summed E-state index contributed by atoms with van der Waals surface area (Å²) in [5.74, 6) is 1.76. The van der Waals surface area contributed by atoms with Crippen LogP contribution in [0.2, 0.25) is 0 Å². The van der Waals surface area contributed by atoms with Crippen molar-refractivity contribution in [2.45, 2.75) is 82.8 Å². The summed E-state index contributed by atoms with van der Waals surface area (Å²) in [5, 5.41) is 0. The molecule has 0 N–H and O–H groups in total. The van der Waals surface area contributed by atoms with Crippen molar-refractivity contribution in [3.8, 4) is 0 Å². The highest BCUT2D eigenvalue weighted by molar-refractivity contribution is 5.18. The van der Waals surface area contributed by atoms with Crippen molar-refractivity contribution in [3.05, 3.63) is 11.1 Å². The van der Waals surface area contributed by atoms with Gasteiger partial charge in [-0.05, 0) is 76.0 Å². The Kier molecular flexibility index (Phi) is 4.10. The summed E-state index contributed by atoms with van der Waals surface area (Å²) in [6, 6.07) is 0. The van der Waals surface area contributed by atoms with E-state index in [0.29, 0.717) is 0 Å². The quantitative estimate of drug-likeness (QED) is 0.634. The molecule has 0 unspecified atom stereocenters. The molecule has 0 amide bonds. The average Bonchev–Trinajstić information content (AvgIpc) is 3.21. The summed E-state index contributed by atoms with van der Waals surface area (Å²) in [6.45, 7) is 1.62. The van der Waals surface area contributed by atoms with Crippen molar-refractivity contribution in [3.63, 3.8) is 0 Å². The van der Waals surface area contributed by atoms with Crippen molar-refractivity contribution in [2.24, 2.45) is 11.8 Å². The molecule has 3 saturated carbocycles. The summed E-state index contributed by atoms with van der Waals surface area (Å²) in [7, 11) is 0. The summed E-state index contributed by atoms with van der Waals surface area (Å²) in [5.41, 5.74) is 3.71. The van der Waals surface area contributed by atoms with E-state index < -0.39 is 0 Å². The highest BCUT2D eigenvalue weighted by Crippen LogP contribution is 2.46. The van der Waals surface area contributed by atoms with E-state index in [9.17, 15) is 0 Å². The van der Waals surface area contributed by atoms with Crippen molar-refractivity contribution < 1.29 is 9.47 Å². The molecule has 1 heterocycles. The van der Waals surface area contributed by atoms with Crippen molar-refractivity contribution in [1.29, 1.82) is 0 Å². The van der Waals surface area contributed by atoms with E-state index in [1.54, 1.807) is 0 Å². The highest BCUT2D eigenvalue weighted by atomic mass is 16.7. The number of rotatable bonds is 1. The Morgan fingerprint density at radius 3 is 1.81 bits per heavy atom. The fraction of sp³-hybridized carbons (Fsp3) is 0.895. The fourth-order valence-corrected chi connectivity index (χ4v) is 5.31. The maximum Gasteiger partial charge on any atom is 0.168 e. The Labute approximate surface area is 129 Å². The van der Waals surface area contributed by atoms with Gasteiger partial charge in [-0.15, -0.1) is 0 Å². The van der Waals surface area contributed by atoms with Crippen LogP contribution >= 0.6 is 0 Å². The molecule has 3 aliphatic carbocycles. The van der Waals surface area contributed by atoms with Crippen molar-refractivity contribution in [1.82, 2.24) is 0 Å². The molecule has 1 saturated heterocycles. The van der Waals surface area contributed by atoms with Crippen LogP contribution in [0, 0.1) is 11.8 Å². The van der Waals surface area contributed by atoms with Crippen molar-refractivity contribution in [2.75, 3.05) is 13.2 Å². The molecule has 4 rings (SSSR count). The van der Waals surface area contributed by atoms with Gasteiger partial charge in [0.25, 0.3) is 0 Å². The van der Waals surface area contributed by atoms with Crippen LogP contribution in [0.15, 0.2) is 11.1 Å². The summed E-state index contributed by atoms with van der Waals surface area (Å²) in [4.78, 5) is 0. The summed E-state index contributed by atoms with van der Waals surface area (Å²) >= 11 is 0. The van der Waals surface area contributed by atoms with Crippen LogP contribution in [-0.2, 0) is 9.47 Å². The molecule has 0 aromatic heterocycles. The molecule has 4 fully saturated rings. The first-order chi connectivity index (χ1) is 10.3. The van der Waals surface area contributed by atoms with Gasteiger partial charge in [-0.1, -0.05) is 11.1 Å². The van der Waals surface area contributed by atoms with Crippen LogP contribution in [-0.4, -0.2) is 19.0 Å². The number of ether oxygens (including phenoxy) is 2. The molecule has 2 nitrogen and oxygen atoms in total. The van der Waals surface area contributed by atoms with Gasteiger partial charge in [-0.3, -0.25) is 0 Å². The van der Waals surface area contributed by atoms with E-state index in [1.807, 2.05) is 11.1 Å². The van der Waals surface area contributed by atoms with Gasteiger partial charge < -0.3 is 9.47 Å². The lowest BCUT2D eigenvalue weighted by Gasteiger charge is -2.40. The van der Waals surface area contributed by atoms with Crippen LogP contribution < -0.4 is 0 Å². The first-order valence-corrected chi connectivity index (χ1v) is 9.32. The highest BCUT2D eigenvalue weighted by Gasteiger charge is 2.42. The van der Waals surface area contributed by atoms with Crippen LogP contribution in [0.3, 0.4) is 0 Å². The monoisotopic (exact) mass is 290 g/mol. The van der Waals surface area contributed by atoms with Gasteiger partial charge in [0.15, 0.2) is 5.79 Å². The molecular weight excluding hydrogens is 260 g/mol. The second-order valence-electron chi connectivity index (χ2n) is 7.70. The SMILES string of the molecule is C1CCC(=C2CCC(C3CCC4(CC3)OCCO4)CC2)C1. The molecule has 118 valence electrons. The third-order valence-electron chi connectivity index (χ3n) is 6.61. The summed E-state index contributed by atoms with van der Waals surface area (Å²) < 4.78 is 11.7. The predicted octanol–water partition coefficient (Wildman–Crippen LogP) is 4.98. The molecule has 2 heteroatoms. The normalized spacial score (nSPS) is 34.0. The van der Waals surface area contributed by atoms with Gasteiger partial charge in [0.1, 0.15) is 0 Å². The maximum absolute atomic E-state index is 5.87. The van der Waals surface area contributed by atoms with E-state index >= 15 is 0 Å². The standard InChI is InChI=1S/C19H30O2/c1-2-4-15(3-1)16-5-7-17(8-6-16)18-9-11-19(12-10-18)20-13-14-21-19/h17-18H,1-14H2. The predicted molar refractivity (Wildman–Crippen MR) is 84.0 cm³/mol. The lowest BCUT2D eigenvalue weighted by Crippen LogP contribution is -2.37. The minimum absolute atomic E-state index is 0.165. The molecule has 21 heavy (non-hydrogen) atoms. The molecule has 0 atom stereocenters. The first kappa shape index (κ1) is 14.3. The first-order valence-electron chi connectivity index (χ1n) is 9.32. The maximum atomic E-state index is 5.87. The van der Waals surface area contributed by atoms with E-state index in [0.717, 1.165) is 37.9 Å². The molecule has 0 aromatic rings. The Hall–Kier alpha value is -0.340. The molecule has 1 aliphatic heterocycles. The van der Waals surface area contributed by atoms with Crippen LogP contribution in [0.1, 0.15) is 77.0 Å². The molecule has 0 aromatic carbocycles. The summed E-state index contributed by atoms with van der Waals surface area (Å²) in [6.07, 6.45) is 16.4. The van der Waals surface area contributed by atoms with Gasteiger partial charge in [-0.25, -0.2) is 0 Å². The number of hydrogen-bond acceptors (Lipinski definition) is 2. The van der Waals surface area contributed by atoms with E-state index in [4.69, 9.17) is 9.47 Å². The third-order valence-corrected chi connectivity index (χ3v) is 6.61. The second kappa shape index (κ2) is 6.04. The molecule has 0 radical (unpaired) electrons. The lowest BCUT2D eigenvalue weighted by atomic mass is 9.70. The number of hydrogen-bond donors (Lipinski definition) is 0. The smallest absolute Gasteiger partial charge is 0.168 e. The Bertz CT molecular complexity index is 378.